The third-order valence-electron chi connectivity index (χ3n) is 4.43. The molecule has 0 bridgehead atoms. The highest BCUT2D eigenvalue weighted by atomic mass is 35.5. The minimum Gasteiger partial charge on any atom is -0.399 e. The van der Waals surface area contributed by atoms with Gasteiger partial charge in [0, 0.05) is 32.0 Å². The molecule has 2 aliphatic heterocycles. The van der Waals surface area contributed by atoms with Crippen LogP contribution in [0, 0.1) is 5.41 Å². The van der Waals surface area contributed by atoms with Crippen LogP contribution in [0.2, 0.25) is 0 Å². The zero-order valence-electron chi connectivity index (χ0n) is 11.3. The number of nitrogen functional groups attached to an aromatic ring is 1. The summed E-state index contributed by atoms with van der Waals surface area (Å²) >= 11 is 0. The molecule has 2 fully saturated rings. The number of benzene rings is 1. The van der Waals surface area contributed by atoms with E-state index in [0.717, 1.165) is 25.4 Å². The predicted molar refractivity (Wildman–Crippen MR) is 80.5 cm³/mol. The maximum Gasteiger partial charge on any atom is 0.0471 e. The molecule has 1 aromatic rings. The number of anilines is 1. The lowest BCUT2D eigenvalue weighted by Gasteiger charge is -2.33. The van der Waals surface area contributed by atoms with Gasteiger partial charge in [0.25, 0.3) is 0 Å². The van der Waals surface area contributed by atoms with Gasteiger partial charge in [-0.1, -0.05) is 12.1 Å². The molecule has 106 valence electrons. The number of ether oxygens (including phenoxy) is 1. The summed E-state index contributed by atoms with van der Waals surface area (Å²) in [6, 6.07) is 8.26. The molecule has 0 saturated carbocycles. The Labute approximate surface area is 121 Å². The Morgan fingerprint density at radius 3 is 2.74 bits per heavy atom. The Bertz CT molecular complexity index is 418. The number of rotatable bonds is 2. The highest BCUT2D eigenvalue weighted by molar-refractivity contribution is 5.85. The second kappa shape index (κ2) is 6.12. The lowest BCUT2D eigenvalue weighted by molar-refractivity contribution is 0.0190. The number of nitrogens with zero attached hydrogens (tertiary/aromatic N) is 1. The zero-order valence-corrected chi connectivity index (χ0v) is 12.1. The summed E-state index contributed by atoms with van der Waals surface area (Å²) in [5, 5.41) is 0. The predicted octanol–water partition coefficient (Wildman–Crippen LogP) is 2.69. The smallest absolute Gasteiger partial charge is 0.0471 e. The van der Waals surface area contributed by atoms with E-state index in [-0.39, 0.29) is 12.4 Å². The van der Waals surface area contributed by atoms with Crippen molar-refractivity contribution < 1.29 is 4.74 Å². The first-order valence-corrected chi connectivity index (χ1v) is 6.90. The molecule has 2 saturated heterocycles. The summed E-state index contributed by atoms with van der Waals surface area (Å²) in [7, 11) is 0. The van der Waals surface area contributed by atoms with Gasteiger partial charge in [0.1, 0.15) is 0 Å². The van der Waals surface area contributed by atoms with Gasteiger partial charge in [0.05, 0.1) is 0 Å². The molecule has 2 N–H and O–H groups in total. The summed E-state index contributed by atoms with van der Waals surface area (Å²) in [6.45, 7) is 5.38. The van der Waals surface area contributed by atoms with E-state index in [0.29, 0.717) is 5.41 Å². The van der Waals surface area contributed by atoms with Crippen molar-refractivity contribution >= 4 is 18.1 Å². The largest absolute Gasteiger partial charge is 0.399 e. The van der Waals surface area contributed by atoms with Gasteiger partial charge in [-0.3, -0.25) is 4.90 Å². The molecule has 3 rings (SSSR count). The van der Waals surface area contributed by atoms with E-state index in [1.54, 1.807) is 0 Å². The van der Waals surface area contributed by atoms with Gasteiger partial charge in [-0.25, -0.2) is 0 Å². The number of nitrogens with two attached hydrogens (primary N) is 1. The van der Waals surface area contributed by atoms with E-state index < -0.39 is 0 Å². The van der Waals surface area contributed by atoms with Crippen LogP contribution in [0.5, 0.6) is 0 Å². The monoisotopic (exact) mass is 282 g/mol. The Balaban J connectivity index is 0.00000133. The minimum atomic E-state index is 0. The molecule has 0 atom stereocenters. The first-order valence-electron chi connectivity index (χ1n) is 6.90. The van der Waals surface area contributed by atoms with Gasteiger partial charge in [-0.05, 0) is 48.9 Å². The molecular formula is C15H23ClN2O. The van der Waals surface area contributed by atoms with Crippen molar-refractivity contribution in [3.8, 4) is 0 Å². The maximum absolute atomic E-state index is 5.83. The standard InChI is InChI=1S/C15H22N2O.ClH/c16-14-3-1-2-13(10-14)11-17-7-4-15(12-17)5-8-18-9-6-15;/h1-3,10H,4-9,11-12,16H2;1H. The molecule has 1 spiro atoms. The number of halogens is 1. The van der Waals surface area contributed by atoms with Crippen molar-refractivity contribution in [3.63, 3.8) is 0 Å². The van der Waals surface area contributed by atoms with Crippen LogP contribution in [-0.4, -0.2) is 31.2 Å². The highest BCUT2D eigenvalue weighted by Crippen LogP contribution is 2.40. The lowest BCUT2D eigenvalue weighted by Crippen LogP contribution is -2.32. The molecule has 0 aromatic heterocycles. The Morgan fingerprint density at radius 1 is 1.21 bits per heavy atom. The van der Waals surface area contributed by atoms with Gasteiger partial charge in [0.2, 0.25) is 0 Å². The molecular weight excluding hydrogens is 260 g/mol. The van der Waals surface area contributed by atoms with Gasteiger partial charge < -0.3 is 10.5 Å². The average Bonchev–Trinajstić information content (AvgIpc) is 2.73. The third-order valence-corrected chi connectivity index (χ3v) is 4.43. The SMILES string of the molecule is Cl.Nc1cccc(CN2CCC3(CCOCC3)C2)c1. The number of hydrogen-bond acceptors (Lipinski definition) is 3. The summed E-state index contributed by atoms with van der Waals surface area (Å²) in [5.74, 6) is 0. The molecule has 2 aliphatic rings. The molecule has 3 nitrogen and oxygen atoms in total. The molecule has 1 aromatic carbocycles. The van der Waals surface area contributed by atoms with Crippen LogP contribution in [0.1, 0.15) is 24.8 Å². The van der Waals surface area contributed by atoms with Crippen LogP contribution in [-0.2, 0) is 11.3 Å². The summed E-state index contributed by atoms with van der Waals surface area (Å²) in [6.07, 6.45) is 3.81. The molecule has 19 heavy (non-hydrogen) atoms. The van der Waals surface area contributed by atoms with E-state index in [2.05, 4.69) is 17.0 Å². The van der Waals surface area contributed by atoms with Crippen LogP contribution in [0.3, 0.4) is 0 Å². The maximum atomic E-state index is 5.83. The first kappa shape index (κ1) is 14.6. The van der Waals surface area contributed by atoms with Gasteiger partial charge in [-0.15, -0.1) is 12.4 Å². The van der Waals surface area contributed by atoms with E-state index >= 15 is 0 Å². The zero-order chi connectivity index (χ0) is 12.4. The molecule has 0 unspecified atom stereocenters. The van der Waals surface area contributed by atoms with Crippen LogP contribution in [0.4, 0.5) is 5.69 Å². The van der Waals surface area contributed by atoms with Crippen molar-refractivity contribution in [2.24, 2.45) is 5.41 Å². The summed E-state index contributed by atoms with van der Waals surface area (Å²) in [5.41, 5.74) is 8.57. The van der Waals surface area contributed by atoms with Crippen LogP contribution >= 0.6 is 12.4 Å². The van der Waals surface area contributed by atoms with Gasteiger partial charge in [-0.2, -0.15) is 0 Å². The fourth-order valence-corrected chi connectivity index (χ4v) is 3.32. The molecule has 4 heteroatoms. The normalized spacial score (nSPS) is 22.3. The van der Waals surface area contributed by atoms with E-state index in [4.69, 9.17) is 10.5 Å². The Morgan fingerprint density at radius 2 is 2.00 bits per heavy atom. The topological polar surface area (TPSA) is 38.5 Å². The quantitative estimate of drug-likeness (QED) is 0.848. The summed E-state index contributed by atoms with van der Waals surface area (Å²) < 4.78 is 5.49. The Hall–Kier alpha value is -0.770. The molecule has 0 radical (unpaired) electrons. The molecule has 0 aliphatic carbocycles. The number of hydrogen-bond donors (Lipinski definition) is 1. The van der Waals surface area contributed by atoms with Crippen molar-refractivity contribution in [2.75, 3.05) is 32.0 Å². The van der Waals surface area contributed by atoms with Crippen LogP contribution in [0.15, 0.2) is 24.3 Å². The third kappa shape index (κ3) is 3.41. The first-order chi connectivity index (χ1) is 8.76. The van der Waals surface area contributed by atoms with Crippen molar-refractivity contribution in [3.05, 3.63) is 29.8 Å². The number of likely N-dealkylation sites (tertiary alicyclic amines) is 1. The van der Waals surface area contributed by atoms with Gasteiger partial charge in [0.15, 0.2) is 0 Å². The van der Waals surface area contributed by atoms with Crippen molar-refractivity contribution in [1.82, 2.24) is 4.90 Å². The van der Waals surface area contributed by atoms with Crippen LogP contribution < -0.4 is 5.73 Å². The Kier molecular flexibility index (Phi) is 4.71. The molecule has 0 amide bonds. The lowest BCUT2D eigenvalue weighted by atomic mass is 9.80. The van der Waals surface area contributed by atoms with Gasteiger partial charge >= 0.3 is 0 Å². The fourth-order valence-electron chi connectivity index (χ4n) is 3.32. The summed E-state index contributed by atoms with van der Waals surface area (Å²) in [4.78, 5) is 2.57. The minimum absolute atomic E-state index is 0. The average molecular weight is 283 g/mol. The highest BCUT2D eigenvalue weighted by Gasteiger charge is 2.38. The van der Waals surface area contributed by atoms with Crippen molar-refractivity contribution in [2.45, 2.75) is 25.8 Å². The second-order valence-electron chi connectivity index (χ2n) is 5.82. The van der Waals surface area contributed by atoms with Crippen molar-refractivity contribution in [1.29, 1.82) is 0 Å². The van der Waals surface area contributed by atoms with Crippen LogP contribution in [0.25, 0.3) is 0 Å². The van der Waals surface area contributed by atoms with E-state index in [1.165, 1.54) is 37.9 Å². The van der Waals surface area contributed by atoms with E-state index in [1.807, 2.05) is 12.1 Å². The van der Waals surface area contributed by atoms with E-state index in [9.17, 15) is 0 Å². The fraction of sp³-hybridized carbons (Fsp3) is 0.600. The molecule has 2 heterocycles. The second-order valence-corrected chi connectivity index (χ2v) is 5.82.